The maximum absolute atomic E-state index is 4.42. The Hall–Kier alpha value is -0.840. The smallest absolute Gasteiger partial charge is 0.115 e. The predicted molar refractivity (Wildman–Crippen MR) is 89.1 cm³/mol. The lowest BCUT2D eigenvalue weighted by molar-refractivity contribution is 0.422. The molecule has 1 N–H and O–H groups in total. The van der Waals surface area contributed by atoms with E-state index in [1.807, 2.05) is 18.3 Å². The lowest BCUT2D eigenvalue weighted by Crippen LogP contribution is -2.35. The molecule has 106 valence electrons. The fourth-order valence-electron chi connectivity index (χ4n) is 1.66. The summed E-state index contributed by atoms with van der Waals surface area (Å²) < 4.78 is 1.03. The van der Waals surface area contributed by atoms with Gasteiger partial charge >= 0.3 is 0 Å². The first-order valence-electron chi connectivity index (χ1n) is 6.57. The van der Waals surface area contributed by atoms with E-state index < -0.39 is 0 Å². The Morgan fingerprint density at radius 3 is 2.60 bits per heavy atom. The van der Waals surface area contributed by atoms with E-state index in [2.05, 4.69) is 71.3 Å². The van der Waals surface area contributed by atoms with Gasteiger partial charge in [-0.25, -0.2) is 4.98 Å². The Morgan fingerprint density at radius 1 is 1.15 bits per heavy atom. The lowest BCUT2D eigenvalue weighted by atomic mass is 10.1. The molecule has 1 heterocycles. The van der Waals surface area contributed by atoms with E-state index in [9.17, 15) is 0 Å². The van der Waals surface area contributed by atoms with E-state index >= 15 is 0 Å². The molecule has 0 bridgehead atoms. The lowest BCUT2D eigenvalue weighted by Gasteiger charge is -2.21. The van der Waals surface area contributed by atoms with Crippen molar-refractivity contribution in [2.45, 2.75) is 42.8 Å². The topological polar surface area (TPSA) is 24.9 Å². The maximum Gasteiger partial charge on any atom is 0.115 e. The first-order chi connectivity index (χ1) is 9.46. The SMILES string of the molecule is CC(C)(C)NCc1ccccc1Sc1ncccc1Br. The fourth-order valence-corrected chi connectivity index (χ4v) is 3.06. The summed E-state index contributed by atoms with van der Waals surface area (Å²) in [5, 5.41) is 4.53. The Bertz CT molecular complexity index is 579. The van der Waals surface area contributed by atoms with Gasteiger partial charge in [-0.05, 0) is 60.5 Å². The highest BCUT2D eigenvalue weighted by Crippen LogP contribution is 2.33. The third-order valence-electron chi connectivity index (χ3n) is 2.71. The molecule has 2 rings (SSSR count). The van der Waals surface area contributed by atoms with E-state index in [1.54, 1.807) is 11.8 Å². The average Bonchev–Trinajstić information content (AvgIpc) is 2.39. The van der Waals surface area contributed by atoms with Crippen LogP contribution in [-0.2, 0) is 6.54 Å². The Labute approximate surface area is 133 Å². The summed E-state index contributed by atoms with van der Waals surface area (Å²) in [4.78, 5) is 5.66. The molecule has 0 saturated heterocycles. The average molecular weight is 351 g/mol. The summed E-state index contributed by atoms with van der Waals surface area (Å²) in [6, 6.07) is 12.4. The molecule has 1 aromatic heterocycles. The van der Waals surface area contributed by atoms with E-state index in [0.29, 0.717) is 0 Å². The molecule has 2 nitrogen and oxygen atoms in total. The summed E-state index contributed by atoms with van der Waals surface area (Å²) in [7, 11) is 0. The molecule has 0 aliphatic carbocycles. The van der Waals surface area contributed by atoms with Crippen LogP contribution < -0.4 is 5.32 Å². The first kappa shape index (κ1) is 15.5. The van der Waals surface area contributed by atoms with Crippen molar-refractivity contribution in [2.24, 2.45) is 0 Å². The van der Waals surface area contributed by atoms with Crippen molar-refractivity contribution in [1.29, 1.82) is 0 Å². The molecule has 0 radical (unpaired) electrons. The molecule has 0 amide bonds. The molecule has 1 aromatic carbocycles. The van der Waals surface area contributed by atoms with Gasteiger partial charge in [-0.2, -0.15) is 0 Å². The van der Waals surface area contributed by atoms with Gasteiger partial charge in [0.2, 0.25) is 0 Å². The zero-order valence-corrected chi connectivity index (χ0v) is 14.4. The van der Waals surface area contributed by atoms with Crippen molar-refractivity contribution >= 4 is 27.7 Å². The third kappa shape index (κ3) is 4.62. The summed E-state index contributed by atoms with van der Waals surface area (Å²) in [6.07, 6.45) is 1.82. The molecule has 0 spiro atoms. The van der Waals surface area contributed by atoms with E-state index in [1.165, 1.54) is 10.5 Å². The number of halogens is 1. The zero-order chi connectivity index (χ0) is 14.6. The molecule has 4 heteroatoms. The van der Waals surface area contributed by atoms with Crippen LogP contribution in [0.1, 0.15) is 26.3 Å². The molecule has 0 aliphatic rings. The van der Waals surface area contributed by atoms with E-state index in [4.69, 9.17) is 0 Å². The number of aromatic nitrogens is 1. The molecule has 2 aromatic rings. The second-order valence-electron chi connectivity index (χ2n) is 5.60. The molecule has 0 aliphatic heterocycles. The first-order valence-corrected chi connectivity index (χ1v) is 8.18. The minimum atomic E-state index is 0.114. The highest BCUT2D eigenvalue weighted by molar-refractivity contribution is 9.10. The van der Waals surface area contributed by atoms with Crippen LogP contribution in [0.15, 0.2) is 57.0 Å². The summed E-state index contributed by atoms with van der Waals surface area (Å²) in [5.74, 6) is 0. The zero-order valence-electron chi connectivity index (χ0n) is 12.0. The number of nitrogens with zero attached hydrogens (tertiary/aromatic N) is 1. The van der Waals surface area contributed by atoms with Crippen LogP contribution in [0, 0.1) is 0 Å². The summed E-state index contributed by atoms with van der Waals surface area (Å²) in [5.41, 5.74) is 1.41. The van der Waals surface area contributed by atoms with Crippen LogP contribution in [0.2, 0.25) is 0 Å². The quantitative estimate of drug-likeness (QED) is 0.850. The molecule has 0 saturated carbocycles. The van der Waals surface area contributed by atoms with Crippen molar-refractivity contribution in [3.8, 4) is 0 Å². The van der Waals surface area contributed by atoms with Gasteiger partial charge in [0.25, 0.3) is 0 Å². The number of rotatable bonds is 4. The molecule has 20 heavy (non-hydrogen) atoms. The van der Waals surface area contributed by atoms with Crippen molar-refractivity contribution in [1.82, 2.24) is 10.3 Å². The van der Waals surface area contributed by atoms with Gasteiger partial charge in [0.1, 0.15) is 5.03 Å². The number of benzene rings is 1. The minimum Gasteiger partial charge on any atom is -0.308 e. The van der Waals surface area contributed by atoms with Gasteiger partial charge in [0, 0.05) is 23.2 Å². The maximum atomic E-state index is 4.42. The Morgan fingerprint density at radius 2 is 1.90 bits per heavy atom. The van der Waals surface area contributed by atoms with Gasteiger partial charge < -0.3 is 5.32 Å². The van der Waals surface area contributed by atoms with Crippen molar-refractivity contribution in [3.05, 3.63) is 52.6 Å². The monoisotopic (exact) mass is 350 g/mol. The van der Waals surface area contributed by atoms with E-state index in [0.717, 1.165) is 16.0 Å². The Balaban J connectivity index is 2.18. The van der Waals surface area contributed by atoms with Gasteiger partial charge in [-0.3, -0.25) is 0 Å². The van der Waals surface area contributed by atoms with Crippen LogP contribution in [0.3, 0.4) is 0 Å². The Kier molecular flexibility index (Phi) is 5.24. The van der Waals surface area contributed by atoms with Gasteiger partial charge in [-0.1, -0.05) is 30.0 Å². The highest BCUT2D eigenvalue weighted by atomic mass is 79.9. The predicted octanol–water partition coefficient (Wildman–Crippen LogP) is 4.88. The molecular weight excluding hydrogens is 332 g/mol. The normalized spacial score (nSPS) is 11.6. The summed E-state index contributed by atoms with van der Waals surface area (Å²) >= 11 is 5.24. The standard InChI is InChI=1S/C16H19BrN2S/c1-16(2,3)19-11-12-7-4-5-9-14(12)20-15-13(17)8-6-10-18-15/h4-10,19H,11H2,1-3H3. The number of hydrogen-bond donors (Lipinski definition) is 1. The van der Waals surface area contributed by atoms with Crippen molar-refractivity contribution < 1.29 is 0 Å². The van der Waals surface area contributed by atoms with Crippen LogP contribution in [0.4, 0.5) is 0 Å². The van der Waals surface area contributed by atoms with E-state index in [-0.39, 0.29) is 5.54 Å². The molecular formula is C16H19BrN2S. The third-order valence-corrected chi connectivity index (χ3v) is 4.75. The van der Waals surface area contributed by atoms with Gasteiger partial charge in [0.15, 0.2) is 0 Å². The highest BCUT2D eigenvalue weighted by Gasteiger charge is 2.11. The van der Waals surface area contributed by atoms with Crippen LogP contribution >= 0.6 is 27.7 Å². The van der Waals surface area contributed by atoms with Crippen LogP contribution in [-0.4, -0.2) is 10.5 Å². The minimum absolute atomic E-state index is 0.114. The fraction of sp³-hybridized carbons (Fsp3) is 0.312. The summed E-state index contributed by atoms with van der Waals surface area (Å²) in [6.45, 7) is 7.39. The van der Waals surface area contributed by atoms with Crippen molar-refractivity contribution in [3.63, 3.8) is 0 Å². The molecule has 0 unspecified atom stereocenters. The van der Waals surface area contributed by atoms with Gasteiger partial charge in [-0.15, -0.1) is 0 Å². The second kappa shape index (κ2) is 6.74. The number of pyridine rings is 1. The molecule has 0 atom stereocenters. The number of hydrogen-bond acceptors (Lipinski definition) is 3. The van der Waals surface area contributed by atoms with Crippen LogP contribution in [0.5, 0.6) is 0 Å². The largest absolute Gasteiger partial charge is 0.308 e. The van der Waals surface area contributed by atoms with Gasteiger partial charge in [0.05, 0.1) is 4.47 Å². The van der Waals surface area contributed by atoms with Crippen LogP contribution in [0.25, 0.3) is 0 Å². The second-order valence-corrected chi connectivity index (χ2v) is 7.49. The van der Waals surface area contributed by atoms with Crippen molar-refractivity contribution in [2.75, 3.05) is 0 Å². The molecule has 0 fully saturated rings. The number of nitrogens with one attached hydrogen (secondary N) is 1.